The number of carbonyl (C=O) groups is 1. The highest BCUT2D eigenvalue weighted by Crippen LogP contribution is 2.32. The molecule has 0 atom stereocenters. The Balaban J connectivity index is 1.36. The van der Waals surface area contributed by atoms with Gasteiger partial charge in [0.15, 0.2) is 11.6 Å². The zero-order valence-corrected chi connectivity index (χ0v) is 21.5. The van der Waals surface area contributed by atoms with Gasteiger partial charge in [0.05, 0.1) is 5.52 Å². The lowest BCUT2D eigenvalue weighted by Gasteiger charge is -2.27. The largest absolute Gasteiger partial charge is 0.333 e. The zero-order chi connectivity index (χ0) is 25.2. The van der Waals surface area contributed by atoms with E-state index >= 15 is 0 Å². The number of halogens is 4. The number of hydrogen-bond acceptors (Lipinski definition) is 3. The normalized spacial score (nSPS) is 13.9. The number of fused-ring (bicyclic) bond motifs is 3. The Kier molecular flexibility index (Phi) is 7.18. The van der Waals surface area contributed by atoms with Gasteiger partial charge < -0.3 is 5.32 Å². The van der Waals surface area contributed by atoms with Crippen LogP contribution >= 0.6 is 27.5 Å². The molecule has 36 heavy (non-hydrogen) atoms. The summed E-state index contributed by atoms with van der Waals surface area (Å²) in [5.41, 5.74) is 4.44. The Morgan fingerprint density at radius 2 is 2.00 bits per heavy atom. The van der Waals surface area contributed by atoms with Gasteiger partial charge in [-0.05, 0) is 53.1 Å². The summed E-state index contributed by atoms with van der Waals surface area (Å²) in [4.78, 5) is 19.6. The van der Waals surface area contributed by atoms with Gasteiger partial charge in [-0.15, -0.1) is 0 Å². The zero-order valence-electron chi connectivity index (χ0n) is 19.1. The van der Waals surface area contributed by atoms with Gasteiger partial charge in [-0.3, -0.25) is 9.47 Å². The molecule has 1 aliphatic heterocycles. The summed E-state index contributed by atoms with van der Waals surface area (Å²) in [5.74, 6) is -1.71. The van der Waals surface area contributed by atoms with E-state index in [1.807, 2.05) is 30.3 Å². The molecule has 0 unspecified atom stereocenters. The molecule has 0 spiro atoms. The topological polar surface area (TPSA) is 50.2 Å². The summed E-state index contributed by atoms with van der Waals surface area (Å²) in [6, 6.07) is 13.2. The number of nitrogens with one attached hydrogen (secondary N) is 1. The van der Waals surface area contributed by atoms with Crippen molar-refractivity contribution >= 4 is 50.5 Å². The van der Waals surface area contributed by atoms with Crippen molar-refractivity contribution in [2.75, 3.05) is 13.1 Å². The maximum Gasteiger partial charge on any atom is 0.326 e. The SMILES string of the molecule is O=C(NCc1ccnc(Cl)c1)n1c2c(c3ccc(Br)cc31)CN(CC=Cc1ccc(F)c(F)c1)CC2. The molecular formula is C27H22BrClF2N4O. The molecule has 184 valence electrons. The average Bonchev–Trinajstić information content (AvgIpc) is 3.17. The minimum Gasteiger partial charge on any atom is -0.333 e. The lowest BCUT2D eigenvalue weighted by molar-refractivity contribution is 0.240. The fourth-order valence-electron chi connectivity index (χ4n) is 4.54. The molecule has 9 heteroatoms. The molecule has 4 aromatic rings. The number of carbonyl (C=O) groups excluding carboxylic acids is 1. The van der Waals surface area contributed by atoms with Crippen LogP contribution in [-0.4, -0.2) is 33.6 Å². The van der Waals surface area contributed by atoms with E-state index in [9.17, 15) is 13.6 Å². The first-order chi connectivity index (χ1) is 17.4. The Morgan fingerprint density at radius 1 is 1.14 bits per heavy atom. The maximum absolute atomic E-state index is 13.5. The summed E-state index contributed by atoms with van der Waals surface area (Å²) in [7, 11) is 0. The quantitative estimate of drug-likeness (QED) is 0.276. The third kappa shape index (κ3) is 5.21. The first-order valence-electron chi connectivity index (χ1n) is 11.4. The molecule has 3 heterocycles. The smallest absolute Gasteiger partial charge is 0.326 e. The lowest BCUT2D eigenvalue weighted by Crippen LogP contribution is -2.34. The number of aromatic nitrogens is 2. The fraction of sp³-hybridized carbons (Fsp3) is 0.185. The molecule has 1 aliphatic rings. The van der Waals surface area contributed by atoms with Crippen LogP contribution in [0.4, 0.5) is 13.6 Å². The second-order valence-corrected chi connectivity index (χ2v) is 9.93. The highest BCUT2D eigenvalue weighted by molar-refractivity contribution is 9.10. The van der Waals surface area contributed by atoms with Gasteiger partial charge in [-0.25, -0.2) is 18.6 Å². The number of rotatable bonds is 5. The predicted octanol–water partition coefficient (Wildman–Crippen LogP) is 6.56. The van der Waals surface area contributed by atoms with E-state index in [1.54, 1.807) is 29.0 Å². The standard InChI is InChI=1S/C27H22BrClF2N4O/c28-19-4-5-20-21-16-34(10-1-2-17-3-6-22(30)23(31)12-17)11-8-24(21)35(25(20)14-19)27(36)33-15-18-7-9-32-26(29)13-18/h1-7,9,12-14H,8,10-11,15-16H2,(H,33,36). The maximum atomic E-state index is 13.5. The number of benzene rings is 2. The summed E-state index contributed by atoms with van der Waals surface area (Å²) < 4.78 is 29.3. The van der Waals surface area contributed by atoms with Crippen LogP contribution in [0, 0.1) is 11.6 Å². The minimum absolute atomic E-state index is 0.195. The van der Waals surface area contributed by atoms with Crippen LogP contribution < -0.4 is 5.32 Å². The van der Waals surface area contributed by atoms with Crippen molar-refractivity contribution in [1.82, 2.24) is 19.8 Å². The van der Waals surface area contributed by atoms with Crippen molar-refractivity contribution < 1.29 is 13.6 Å². The Labute approximate surface area is 220 Å². The first-order valence-corrected chi connectivity index (χ1v) is 12.6. The van der Waals surface area contributed by atoms with Gasteiger partial charge in [0.2, 0.25) is 0 Å². The number of hydrogen-bond donors (Lipinski definition) is 1. The highest BCUT2D eigenvalue weighted by Gasteiger charge is 2.26. The molecule has 0 fully saturated rings. The van der Waals surface area contributed by atoms with Crippen LogP contribution in [0.2, 0.25) is 5.15 Å². The van der Waals surface area contributed by atoms with E-state index in [1.165, 1.54) is 6.07 Å². The highest BCUT2D eigenvalue weighted by atomic mass is 79.9. The van der Waals surface area contributed by atoms with Crippen molar-refractivity contribution in [3.63, 3.8) is 0 Å². The van der Waals surface area contributed by atoms with Crippen molar-refractivity contribution in [3.8, 4) is 0 Å². The first kappa shape index (κ1) is 24.6. The average molecular weight is 572 g/mol. The summed E-state index contributed by atoms with van der Waals surface area (Å²) >= 11 is 9.51. The molecule has 5 rings (SSSR count). The van der Waals surface area contributed by atoms with Crippen LogP contribution in [-0.2, 0) is 19.5 Å². The van der Waals surface area contributed by atoms with Gasteiger partial charge in [-0.1, -0.05) is 51.8 Å². The summed E-state index contributed by atoms with van der Waals surface area (Å²) in [6.07, 6.45) is 6.05. The van der Waals surface area contributed by atoms with Crippen molar-refractivity contribution in [3.05, 3.63) is 104 Å². The number of nitrogens with zero attached hydrogens (tertiary/aromatic N) is 3. The van der Waals surface area contributed by atoms with Gasteiger partial charge in [0.1, 0.15) is 5.15 Å². The molecular weight excluding hydrogens is 550 g/mol. The molecule has 0 saturated heterocycles. The Bertz CT molecular complexity index is 1490. The van der Waals surface area contributed by atoms with E-state index in [4.69, 9.17) is 11.6 Å². The second kappa shape index (κ2) is 10.5. The van der Waals surface area contributed by atoms with Crippen LogP contribution in [0.1, 0.15) is 22.4 Å². The van der Waals surface area contributed by atoms with Gasteiger partial charge in [0, 0.05) is 54.3 Å². The van der Waals surface area contributed by atoms with Crippen LogP contribution in [0.5, 0.6) is 0 Å². The molecule has 5 nitrogen and oxygen atoms in total. The second-order valence-electron chi connectivity index (χ2n) is 8.63. The third-order valence-corrected chi connectivity index (χ3v) is 6.95. The van der Waals surface area contributed by atoms with Crippen LogP contribution in [0.15, 0.2) is 65.3 Å². The summed E-state index contributed by atoms with van der Waals surface area (Å²) in [5, 5.41) is 4.42. The summed E-state index contributed by atoms with van der Waals surface area (Å²) in [6.45, 7) is 2.43. The molecule has 1 amide bonds. The molecule has 0 saturated carbocycles. The van der Waals surface area contributed by atoms with Gasteiger partial charge in [0.25, 0.3) is 0 Å². The molecule has 2 aromatic carbocycles. The lowest BCUT2D eigenvalue weighted by atomic mass is 10.0. The van der Waals surface area contributed by atoms with E-state index in [0.29, 0.717) is 36.8 Å². The van der Waals surface area contributed by atoms with Gasteiger partial charge in [-0.2, -0.15) is 0 Å². The van der Waals surface area contributed by atoms with E-state index in [2.05, 4.69) is 31.1 Å². The van der Waals surface area contributed by atoms with Crippen molar-refractivity contribution in [2.24, 2.45) is 0 Å². The Hall–Kier alpha value is -3.07. The fourth-order valence-corrected chi connectivity index (χ4v) is 5.08. The van der Waals surface area contributed by atoms with E-state index in [-0.39, 0.29) is 6.03 Å². The number of pyridine rings is 1. The van der Waals surface area contributed by atoms with E-state index < -0.39 is 11.6 Å². The molecule has 1 N–H and O–H groups in total. The van der Waals surface area contributed by atoms with Crippen molar-refractivity contribution in [2.45, 2.75) is 19.5 Å². The van der Waals surface area contributed by atoms with Crippen LogP contribution in [0.3, 0.4) is 0 Å². The minimum atomic E-state index is -0.857. The molecule has 0 bridgehead atoms. The molecule has 0 radical (unpaired) electrons. The molecule has 0 aliphatic carbocycles. The molecule has 2 aromatic heterocycles. The van der Waals surface area contributed by atoms with Gasteiger partial charge >= 0.3 is 6.03 Å². The predicted molar refractivity (Wildman–Crippen MR) is 141 cm³/mol. The van der Waals surface area contributed by atoms with E-state index in [0.717, 1.165) is 44.8 Å². The van der Waals surface area contributed by atoms with Crippen LogP contribution in [0.25, 0.3) is 17.0 Å². The van der Waals surface area contributed by atoms with Crippen molar-refractivity contribution in [1.29, 1.82) is 0 Å². The Morgan fingerprint density at radius 3 is 2.81 bits per heavy atom. The third-order valence-electron chi connectivity index (χ3n) is 6.25. The monoisotopic (exact) mass is 570 g/mol. The number of amides is 1.